The topological polar surface area (TPSA) is 99.1 Å². The van der Waals surface area contributed by atoms with Crippen LogP contribution in [0.3, 0.4) is 0 Å². The van der Waals surface area contributed by atoms with Gasteiger partial charge < -0.3 is 19.3 Å². The first-order valence-electron chi connectivity index (χ1n) is 10.8. The van der Waals surface area contributed by atoms with Crippen molar-refractivity contribution in [3.8, 4) is 11.5 Å². The van der Waals surface area contributed by atoms with E-state index in [1.807, 2.05) is 6.07 Å². The Balaban J connectivity index is 2.09. The average Bonchev–Trinajstić information content (AvgIpc) is 2.70. The molecule has 3 rings (SSSR count). The molecule has 2 aromatic carbocycles. The lowest BCUT2D eigenvalue weighted by Crippen LogP contribution is -2.34. The summed E-state index contributed by atoms with van der Waals surface area (Å²) in [5.41, 5.74) is 2.18. The maximum Gasteiger partial charge on any atom is 0.335 e. The van der Waals surface area contributed by atoms with E-state index in [4.69, 9.17) is 19.3 Å². The highest BCUT2D eigenvalue weighted by Crippen LogP contribution is 2.51. The van der Waals surface area contributed by atoms with Gasteiger partial charge in [0.1, 0.15) is 11.5 Å². The van der Waals surface area contributed by atoms with Crippen molar-refractivity contribution < 1.29 is 33.7 Å². The summed E-state index contributed by atoms with van der Waals surface area (Å²) in [5.74, 6) is -1.24. The molecule has 0 heterocycles. The van der Waals surface area contributed by atoms with E-state index >= 15 is 0 Å². The van der Waals surface area contributed by atoms with Gasteiger partial charge in [-0.1, -0.05) is 39.8 Å². The van der Waals surface area contributed by atoms with E-state index in [9.17, 15) is 14.4 Å². The Morgan fingerprint density at radius 3 is 2.06 bits per heavy atom. The van der Waals surface area contributed by atoms with Gasteiger partial charge in [-0.15, -0.1) is 0 Å². The van der Waals surface area contributed by atoms with Crippen molar-refractivity contribution in [2.45, 2.75) is 71.5 Å². The number of benzene rings is 2. The van der Waals surface area contributed by atoms with E-state index in [1.54, 1.807) is 6.07 Å². The first-order chi connectivity index (χ1) is 15.3. The standard InChI is InChI=1S/C26H30O7/c1-15(27)31-21-14-19(13-20-22(21)26(5,6)12-11-25(20,3)4)33-24(32-16(2)28)18-9-7-17(8-10-18)23(29)30/h7-10,13-14,24H,11-12H2,1-6H3,(H,29,30). The van der Waals surface area contributed by atoms with Crippen LogP contribution in [0.5, 0.6) is 11.5 Å². The predicted molar refractivity (Wildman–Crippen MR) is 122 cm³/mol. The summed E-state index contributed by atoms with van der Waals surface area (Å²) in [7, 11) is 0. The number of carboxylic acids is 1. The second-order valence-electron chi connectivity index (χ2n) is 9.69. The molecule has 0 fully saturated rings. The highest BCUT2D eigenvalue weighted by atomic mass is 16.7. The number of aromatic carboxylic acids is 1. The first kappa shape index (κ1) is 24.3. The Morgan fingerprint density at radius 2 is 1.52 bits per heavy atom. The normalized spacial score (nSPS) is 16.8. The Bertz CT molecular complexity index is 1080. The maximum absolute atomic E-state index is 11.9. The van der Waals surface area contributed by atoms with Crippen LogP contribution in [0.2, 0.25) is 0 Å². The number of carbonyl (C=O) groups is 3. The minimum Gasteiger partial charge on any atom is -0.478 e. The number of hydrogen-bond acceptors (Lipinski definition) is 6. The molecule has 0 radical (unpaired) electrons. The van der Waals surface area contributed by atoms with E-state index in [0.29, 0.717) is 17.1 Å². The van der Waals surface area contributed by atoms with Gasteiger partial charge in [0, 0.05) is 31.0 Å². The molecule has 7 nitrogen and oxygen atoms in total. The van der Waals surface area contributed by atoms with Gasteiger partial charge in [-0.25, -0.2) is 4.79 Å². The van der Waals surface area contributed by atoms with Gasteiger partial charge in [-0.2, -0.15) is 0 Å². The molecule has 1 N–H and O–H groups in total. The molecule has 7 heteroatoms. The zero-order valence-corrected chi connectivity index (χ0v) is 19.9. The summed E-state index contributed by atoms with van der Waals surface area (Å²) >= 11 is 0. The summed E-state index contributed by atoms with van der Waals surface area (Å²) in [6.45, 7) is 11.1. The molecule has 176 valence electrons. The number of carboxylic acid groups (broad SMARTS) is 1. The van der Waals surface area contributed by atoms with Gasteiger partial charge in [0.05, 0.1) is 5.56 Å². The second kappa shape index (κ2) is 8.89. The SMILES string of the molecule is CC(=O)Oc1cc(OC(OC(C)=O)c2ccc(C(=O)O)cc2)cc2c1C(C)(C)CCC2(C)C. The summed E-state index contributed by atoms with van der Waals surface area (Å²) in [5, 5.41) is 9.14. The van der Waals surface area contributed by atoms with Crippen LogP contribution in [0.1, 0.15) is 87.7 Å². The monoisotopic (exact) mass is 454 g/mol. The second-order valence-corrected chi connectivity index (χ2v) is 9.69. The van der Waals surface area contributed by atoms with Crippen LogP contribution >= 0.6 is 0 Å². The quantitative estimate of drug-likeness (QED) is 0.359. The minimum atomic E-state index is -1.10. The lowest BCUT2D eigenvalue weighted by atomic mass is 9.63. The van der Waals surface area contributed by atoms with Crippen molar-refractivity contribution in [3.63, 3.8) is 0 Å². The fourth-order valence-electron chi connectivity index (χ4n) is 4.23. The van der Waals surface area contributed by atoms with Crippen LogP contribution < -0.4 is 9.47 Å². The van der Waals surface area contributed by atoms with Crippen molar-refractivity contribution in [3.05, 3.63) is 58.7 Å². The van der Waals surface area contributed by atoms with Crippen LogP contribution in [-0.2, 0) is 25.2 Å². The number of carbonyl (C=O) groups excluding carboxylic acids is 2. The molecule has 0 spiro atoms. The van der Waals surface area contributed by atoms with E-state index in [0.717, 1.165) is 24.0 Å². The van der Waals surface area contributed by atoms with Gasteiger partial charge in [0.25, 0.3) is 6.29 Å². The number of esters is 2. The Morgan fingerprint density at radius 1 is 0.909 bits per heavy atom. The van der Waals surface area contributed by atoms with Gasteiger partial charge in [-0.05, 0) is 47.4 Å². The zero-order valence-electron chi connectivity index (χ0n) is 19.9. The average molecular weight is 455 g/mol. The summed E-state index contributed by atoms with van der Waals surface area (Å²) in [6, 6.07) is 9.46. The van der Waals surface area contributed by atoms with Crippen molar-refractivity contribution in [1.82, 2.24) is 0 Å². The third kappa shape index (κ3) is 5.35. The summed E-state index contributed by atoms with van der Waals surface area (Å²) in [6.07, 6.45) is 0.779. The zero-order chi connectivity index (χ0) is 24.6. The summed E-state index contributed by atoms with van der Waals surface area (Å²) in [4.78, 5) is 34.8. The van der Waals surface area contributed by atoms with E-state index < -0.39 is 24.2 Å². The molecular weight excluding hydrogens is 424 g/mol. The van der Waals surface area contributed by atoms with Crippen LogP contribution in [0, 0.1) is 0 Å². The molecule has 0 aliphatic heterocycles. The van der Waals surface area contributed by atoms with Crippen LogP contribution in [0.4, 0.5) is 0 Å². The third-order valence-electron chi connectivity index (χ3n) is 6.06. The van der Waals surface area contributed by atoms with Crippen molar-refractivity contribution in [1.29, 1.82) is 0 Å². The minimum absolute atomic E-state index is 0.107. The molecule has 0 bridgehead atoms. The smallest absolute Gasteiger partial charge is 0.335 e. The number of ether oxygens (including phenoxy) is 3. The van der Waals surface area contributed by atoms with Gasteiger partial charge >= 0.3 is 17.9 Å². The van der Waals surface area contributed by atoms with Gasteiger partial charge in [-0.3, -0.25) is 9.59 Å². The Hall–Kier alpha value is -3.35. The third-order valence-corrected chi connectivity index (χ3v) is 6.06. The number of hydrogen-bond donors (Lipinski definition) is 1. The Kier molecular flexibility index (Phi) is 6.54. The molecule has 0 saturated carbocycles. The number of fused-ring (bicyclic) bond motifs is 1. The largest absolute Gasteiger partial charge is 0.478 e. The molecule has 1 aliphatic rings. The van der Waals surface area contributed by atoms with Crippen LogP contribution in [-0.4, -0.2) is 23.0 Å². The summed E-state index contributed by atoms with van der Waals surface area (Å²) < 4.78 is 17.1. The maximum atomic E-state index is 11.9. The van der Waals surface area contributed by atoms with Crippen molar-refractivity contribution in [2.24, 2.45) is 0 Å². The molecule has 33 heavy (non-hydrogen) atoms. The van der Waals surface area contributed by atoms with Crippen LogP contribution in [0.15, 0.2) is 36.4 Å². The highest BCUT2D eigenvalue weighted by Gasteiger charge is 2.40. The van der Waals surface area contributed by atoms with Crippen LogP contribution in [0.25, 0.3) is 0 Å². The van der Waals surface area contributed by atoms with Gasteiger partial charge in [0.2, 0.25) is 0 Å². The molecule has 1 aliphatic carbocycles. The fourth-order valence-corrected chi connectivity index (χ4v) is 4.23. The molecule has 0 amide bonds. The lowest BCUT2D eigenvalue weighted by Gasteiger charge is -2.42. The fraction of sp³-hybridized carbons (Fsp3) is 0.423. The molecule has 2 aromatic rings. The van der Waals surface area contributed by atoms with E-state index in [1.165, 1.54) is 38.1 Å². The van der Waals surface area contributed by atoms with E-state index in [-0.39, 0.29) is 16.4 Å². The Labute approximate surface area is 193 Å². The van der Waals surface area contributed by atoms with Gasteiger partial charge in [0.15, 0.2) is 0 Å². The molecular formula is C26H30O7. The van der Waals surface area contributed by atoms with Crippen molar-refractivity contribution >= 4 is 17.9 Å². The molecule has 1 unspecified atom stereocenters. The molecule has 0 saturated heterocycles. The lowest BCUT2D eigenvalue weighted by molar-refractivity contribution is -0.162. The predicted octanol–water partition coefficient (Wildman–Crippen LogP) is 5.30. The number of rotatable bonds is 6. The highest BCUT2D eigenvalue weighted by molar-refractivity contribution is 5.87. The molecule has 0 aromatic heterocycles. The van der Waals surface area contributed by atoms with E-state index in [2.05, 4.69) is 27.7 Å². The van der Waals surface area contributed by atoms with Crippen molar-refractivity contribution in [2.75, 3.05) is 0 Å². The first-order valence-corrected chi connectivity index (χ1v) is 10.8. The molecule has 1 atom stereocenters.